The fourth-order valence-corrected chi connectivity index (χ4v) is 0.684. The number of nitrogens with one attached hydrogen (secondary N) is 2. The number of hydrogen-bond donors (Lipinski definition) is 1. The number of carbonyl (C=O) groups is 1. The van der Waals surface area contributed by atoms with Crippen LogP contribution >= 0.6 is 0 Å². The van der Waals surface area contributed by atoms with Crippen LogP contribution < -0.4 is 5.32 Å². The molecule has 0 atom stereocenters. The van der Waals surface area contributed by atoms with Gasteiger partial charge in [-0.3, -0.25) is 4.79 Å². The van der Waals surface area contributed by atoms with Crippen molar-refractivity contribution < 1.29 is 24.3 Å². The van der Waals surface area contributed by atoms with Crippen LogP contribution in [0.1, 0.15) is 19.8 Å². The summed E-state index contributed by atoms with van der Waals surface area (Å²) in [6.45, 7) is 2.79. The second-order valence-electron chi connectivity index (χ2n) is 2.99. The van der Waals surface area contributed by atoms with E-state index in [1.807, 2.05) is 0 Å². The van der Waals surface area contributed by atoms with Gasteiger partial charge in [0.15, 0.2) is 0 Å². The first kappa shape index (κ1) is 9.89. The zero-order chi connectivity index (χ0) is 6.91. The molecule has 0 aromatic heterocycles. The maximum absolute atomic E-state index is 10.1. The van der Waals surface area contributed by atoms with Crippen molar-refractivity contribution in [1.82, 2.24) is 5.32 Å². The summed E-state index contributed by atoms with van der Waals surface area (Å²) in [6, 6.07) is -0.664. The van der Waals surface area contributed by atoms with Crippen LogP contribution in [0.25, 0.3) is 5.73 Å². The van der Waals surface area contributed by atoms with E-state index < -0.39 is 6.03 Å². The minimum absolute atomic E-state index is 0. The Morgan fingerprint density at radius 3 is 2.50 bits per heavy atom. The minimum atomic E-state index is -0.664. The second-order valence-corrected chi connectivity index (χ2v) is 2.99. The quantitative estimate of drug-likeness (QED) is 0.716. The molecule has 1 radical (unpaired) electrons. The third kappa shape index (κ3) is 3.16. The maximum Gasteiger partial charge on any atom is 1.00 e. The standard InChI is InChI=1S/C6H12N2O.Ru/c1-6(2-3-6)4-8-5(7)9;/h2-4H2,1H3,(H3,7,8,9);/q;+1/p-1. The SMILES string of the molecule is CC1(CNC([NH-])=O)CC1.[Ru+]. The van der Waals surface area contributed by atoms with Gasteiger partial charge in [-0.15, -0.1) is 0 Å². The van der Waals surface area contributed by atoms with Crippen LogP contribution in [0.5, 0.6) is 0 Å². The van der Waals surface area contributed by atoms with E-state index >= 15 is 0 Å². The molecule has 2 amide bonds. The molecule has 10 heavy (non-hydrogen) atoms. The number of rotatable bonds is 2. The Balaban J connectivity index is 0.000000810. The molecule has 1 aliphatic rings. The number of carbonyl (C=O) groups excluding carboxylic acids is 1. The van der Waals surface area contributed by atoms with Crippen LogP contribution in [-0.2, 0) is 19.5 Å². The van der Waals surface area contributed by atoms with Gasteiger partial charge < -0.3 is 11.1 Å². The zero-order valence-corrected chi connectivity index (χ0v) is 7.62. The largest absolute Gasteiger partial charge is 1.00 e. The summed E-state index contributed by atoms with van der Waals surface area (Å²) < 4.78 is 0. The van der Waals surface area contributed by atoms with Crippen molar-refractivity contribution in [3.8, 4) is 0 Å². The molecule has 0 saturated heterocycles. The predicted octanol–water partition coefficient (Wildman–Crippen LogP) is 1.55. The Labute approximate surface area is 73.5 Å². The van der Waals surface area contributed by atoms with Crippen LogP contribution in [-0.4, -0.2) is 12.6 Å². The molecule has 59 valence electrons. The topological polar surface area (TPSA) is 52.9 Å². The third-order valence-corrected chi connectivity index (χ3v) is 1.78. The molecule has 3 nitrogen and oxygen atoms in total. The van der Waals surface area contributed by atoms with Gasteiger partial charge in [0.25, 0.3) is 0 Å². The van der Waals surface area contributed by atoms with Crippen molar-refractivity contribution in [2.45, 2.75) is 19.8 Å². The Morgan fingerprint density at radius 1 is 1.70 bits per heavy atom. The normalized spacial score (nSPS) is 18.9. The molecule has 0 aromatic rings. The van der Waals surface area contributed by atoms with Gasteiger partial charge in [-0.1, -0.05) is 6.92 Å². The molecule has 1 aliphatic carbocycles. The molecular formula is C6H11N2ORu. The van der Waals surface area contributed by atoms with E-state index in [4.69, 9.17) is 5.73 Å². The van der Waals surface area contributed by atoms with Crippen molar-refractivity contribution in [3.63, 3.8) is 0 Å². The molecule has 0 spiro atoms. The number of urea groups is 1. The molecule has 1 rings (SSSR count). The van der Waals surface area contributed by atoms with Crippen LogP contribution in [0.3, 0.4) is 0 Å². The summed E-state index contributed by atoms with van der Waals surface area (Å²) in [5.74, 6) is 0. The summed E-state index contributed by atoms with van der Waals surface area (Å²) in [7, 11) is 0. The van der Waals surface area contributed by atoms with Crippen LogP contribution in [0, 0.1) is 5.41 Å². The Hall–Kier alpha value is -0.107. The fourth-order valence-electron chi connectivity index (χ4n) is 0.684. The van der Waals surface area contributed by atoms with Gasteiger partial charge in [0.05, 0.1) is 0 Å². The minimum Gasteiger partial charge on any atom is -0.449 e. The number of hydrogen-bond acceptors (Lipinski definition) is 1. The van der Waals surface area contributed by atoms with Gasteiger partial charge in [-0.25, -0.2) is 0 Å². The third-order valence-electron chi connectivity index (χ3n) is 1.78. The van der Waals surface area contributed by atoms with E-state index in [2.05, 4.69) is 12.2 Å². The van der Waals surface area contributed by atoms with Crippen molar-refractivity contribution in [3.05, 3.63) is 5.73 Å². The van der Waals surface area contributed by atoms with Crippen molar-refractivity contribution in [1.29, 1.82) is 0 Å². The predicted molar refractivity (Wildman–Crippen MR) is 35.1 cm³/mol. The van der Waals surface area contributed by atoms with Crippen molar-refractivity contribution in [2.75, 3.05) is 6.54 Å². The first-order valence-electron chi connectivity index (χ1n) is 3.12. The zero-order valence-electron chi connectivity index (χ0n) is 5.88. The Kier molecular flexibility index (Phi) is 3.30. The first-order chi connectivity index (χ1) is 4.12. The van der Waals surface area contributed by atoms with Gasteiger partial charge in [0, 0.05) is 0 Å². The van der Waals surface area contributed by atoms with E-state index in [-0.39, 0.29) is 19.5 Å². The van der Waals surface area contributed by atoms with E-state index in [1.54, 1.807) is 0 Å². The number of amides is 2. The smallest absolute Gasteiger partial charge is 0.449 e. The Morgan fingerprint density at radius 2 is 2.20 bits per heavy atom. The van der Waals surface area contributed by atoms with Gasteiger partial charge in [-0.2, -0.15) is 0 Å². The molecule has 4 heteroatoms. The Bertz CT molecular complexity index is 134. The van der Waals surface area contributed by atoms with E-state index in [0.29, 0.717) is 12.0 Å². The summed E-state index contributed by atoms with van der Waals surface area (Å²) in [5.41, 5.74) is 6.87. The molecular weight excluding hydrogens is 217 g/mol. The van der Waals surface area contributed by atoms with Crippen molar-refractivity contribution >= 4 is 6.03 Å². The molecule has 0 aromatic carbocycles. The first-order valence-corrected chi connectivity index (χ1v) is 3.12. The summed E-state index contributed by atoms with van der Waals surface area (Å²) in [6.07, 6.45) is 2.38. The molecule has 0 unspecified atom stereocenters. The molecule has 1 fully saturated rings. The molecule has 1 saturated carbocycles. The van der Waals surface area contributed by atoms with Crippen LogP contribution in [0.2, 0.25) is 0 Å². The average molecular weight is 228 g/mol. The molecule has 0 bridgehead atoms. The second kappa shape index (κ2) is 3.33. The molecule has 0 heterocycles. The monoisotopic (exact) mass is 229 g/mol. The summed E-state index contributed by atoms with van der Waals surface area (Å²) in [4.78, 5) is 10.1. The maximum atomic E-state index is 10.1. The van der Waals surface area contributed by atoms with E-state index in [9.17, 15) is 4.79 Å². The summed E-state index contributed by atoms with van der Waals surface area (Å²) in [5, 5.41) is 2.48. The van der Waals surface area contributed by atoms with Crippen LogP contribution in [0.15, 0.2) is 0 Å². The molecule has 0 aliphatic heterocycles. The summed E-state index contributed by atoms with van der Waals surface area (Å²) >= 11 is 0. The average Bonchev–Trinajstić information content (AvgIpc) is 2.45. The molecule has 2 N–H and O–H groups in total. The van der Waals surface area contributed by atoms with E-state index in [0.717, 1.165) is 0 Å². The van der Waals surface area contributed by atoms with Gasteiger partial charge in [-0.05, 0) is 24.8 Å². The van der Waals surface area contributed by atoms with E-state index in [1.165, 1.54) is 12.8 Å². The van der Waals surface area contributed by atoms with Gasteiger partial charge in [0.1, 0.15) is 6.03 Å². The van der Waals surface area contributed by atoms with Gasteiger partial charge in [0.2, 0.25) is 0 Å². The fraction of sp³-hybridized carbons (Fsp3) is 0.833. The van der Waals surface area contributed by atoms with Gasteiger partial charge >= 0.3 is 19.5 Å². The van der Waals surface area contributed by atoms with Crippen molar-refractivity contribution in [2.24, 2.45) is 5.41 Å². The van der Waals surface area contributed by atoms with Crippen LogP contribution in [0.4, 0.5) is 4.79 Å².